The molecule has 1 saturated carbocycles. The Kier molecular flexibility index (Phi) is 3.44. The van der Waals surface area contributed by atoms with Gasteiger partial charge in [0.1, 0.15) is 5.82 Å². The number of nitrogens with zero attached hydrogens (tertiary/aromatic N) is 5. The Hall–Kier alpha value is -2.11. The summed E-state index contributed by atoms with van der Waals surface area (Å²) >= 11 is 0. The van der Waals surface area contributed by atoms with Crippen LogP contribution in [0.5, 0.6) is 0 Å². The molecule has 116 valence electrons. The molecule has 2 aliphatic rings. The smallest absolute Gasteiger partial charge is 0.229 e. The van der Waals surface area contributed by atoms with Gasteiger partial charge in [0.25, 0.3) is 0 Å². The third kappa shape index (κ3) is 2.65. The number of aromatic nitrogens is 4. The Morgan fingerprint density at radius 2 is 2.09 bits per heavy atom. The van der Waals surface area contributed by atoms with Crippen LogP contribution < -0.4 is 10.2 Å². The van der Waals surface area contributed by atoms with E-state index in [1.807, 2.05) is 23.1 Å². The van der Waals surface area contributed by atoms with Crippen LogP contribution in [0.1, 0.15) is 26.2 Å². The molecule has 0 spiro atoms. The summed E-state index contributed by atoms with van der Waals surface area (Å²) in [5.74, 6) is 3.39. The van der Waals surface area contributed by atoms with Gasteiger partial charge in [-0.25, -0.2) is 4.98 Å². The van der Waals surface area contributed by atoms with Crippen molar-refractivity contribution in [3.05, 3.63) is 24.7 Å². The van der Waals surface area contributed by atoms with Gasteiger partial charge in [-0.1, -0.05) is 0 Å². The minimum absolute atomic E-state index is 0.645. The van der Waals surface area contributed by atoms with Crippen molar-refractivity contribution in [2.75, 3.05) is 23.3 Å². The lowest BCUT2D eigenvalue weighted by molar-refractivity contribution is 0.419. The molecule has 0 amide bonds. The summed E-state index contributed by atoms with van der Waals surface area (Å²) in [4.78, 5) is 11.4. The fourth-order valence-electron chi connectivity index (χ4n) is 3.71. The van der Waals surface area contributed by atoms with E-state index in [4.69, 9.17) is 4.98 Å². The molecule has 3 heterocycles. The Balaban J connectivity index is 1.50. The third-order valence-electron chi connectivity index (χ3n) is 4.79. The maximum atomic E-state index is 4.69. The normalized spacial score (nSPS) is 23.8. The van der Waals surface area contributed by atoms with Crippen molar-refractivity contribution in [3.8, 4) is 0 Å². The van der Waals surface area contributed by atoms with Gasteiger partial charge in [-0.05, 0) is 44.1 Å². The minimum atomic E-state index is 0.645. The fraction of sp³-hybridized carbons (Fsp3) is 0.562. The van der Waals surface area contributed by atoms with E-state index in [0.717, 1.165) is 43.0 Å². The van der Waals surface area contributed by atoms with Gasteiger partial charge >= 0.3 is 0 Å². The van der Waals surface area contributed by atoms with Crippen molar-refractivity contribution >= 4 is 17.5 Å². The van der Waals surface area contributed by atoms with Gasteiger partial charge < -0.3 is 10.2 Å². The maximum absolute atomic E-state index is 4.69. The summed E-state index contributed by atoms with van der Waals surface area (Å²) in [5, 5.41) is 7.50. The third-order valence-corrected chi connectivity index (χ3v) is 4.79. The second kappa shape index (κ2) is 5.59. The van der Waals surface area contributed by atoms with Crippen LogP contribution in [-0.4, -0.2) is 32.8 Å². The number of fused-ring (bicyclic) bond motifs is 2. The molecular weight excluding hydrogens is 276 g/mol. The van der Waals surface area contributed by atoms with Gasteiger partial charge in [0, 0.05) is 32.0 Å². The maximum Gasteiger partial charge on any atom is 0.229 e. The van der Waals surface area contributed by atoms with Crippen molar-refractivity contribution < 1.29 is 0 Å². The second-order valence-electron chi connectivity index (χ2n) is 6.40. The molecule has 1 saturated heterocycles. The summed E-state index contributed by atoms with van der Waals surface area (Å²) in [6, 6.07) is 2.02. The Morgan fingerprint density at radius 1 is 1.27 bits per heavy atom. The largest absolute Gasteiger partial charge is 0.356 e. The van der Waals surface area contributed by atoms with Gasteiger partial charge in [0.15, 0.2) is 0 Å². The van der Waals surface area contributed by atoms with E-state index in [1.54, 1.807) is 6.20 Å². The van der Waals surface area contributed by atoms with Crippen LogP contribution in [0.15, 0.2) is 24.7 Å². The number of hydrogen-bond donors (Lipinski definition) is 1. The molecule has 2 fully saturated rings. The SMILES string of the molecule is CCn1cc(Nc2nccc(N3C[C@@H]4CC[C@@H](C4)C3)n2)cn1. The molecule has 2 bridgehead atoms. The molecule has 0 unspecified atom stereocenters. The highest BCUT2D eigenvalue weighted by Crippen LogP contribution is 2.37. The fourth-order valence-corrected chi connectivity index (χ4v) is 3.71. The molecule has 22 heavy (non-hydrogen) atoms. The molecule has 6 heteroatoms. The Labute approximate surface area is 130 Å². The van der Waals surface area contributed by atoms with Crippen molar-refractivity contribution in [3.63, 3.8) is 0 Å². The number of nitrogens with one attached hydrogen (secondary N) is 1. The zero-order valence-corrected chi connectivity index (χ0v) is 12.9. The number of aryl methyl sites for hydroxylation is 1. The molecule has 4 rings (SSSR count). The van der Waals surface area contributed by atoms with E-state index in [9.17, 15) is 0 Å². The van der Waals surface area contributed by atoms with Crippen molar-refractivity contribution in [1.29, 1.82) is 0 Å². The molecule has 2 atom stereocenters. The van der Waals surface area contributed by atoms with Crippen LogP contribution >= 0.6 is 0 Å². The average Bonchev–Trinajstić information content (AvgIpc) is 3.13. The highest BCUT2D eigenvalue weighted by molar-refractivity contribution is 5.53. The first-order chi connectivity index (χ1) is 10.8. The summed E-state index contributed by atoms with van der Waals surface area (Å²) in [5.41, 5.74) is 0.928. The van der Waals surface area contributed by atoms with Crippen LogP contribution in [-0.2, 0) is 6.54 Å². The monoisotopic (exact) mass is 298 g/mol. The first-order valence-electron chi connectivity index (χ1n) is 8.17. The molecule has 2 aromatic heterocycles. The van der Waals surface area contributed by atoms with E-state index in [2.05, 4.69) is 27.2 Å². The van der Waals surface area contributed by atoms with Gasteiger partial charge in [-0.15, -0.1) is 0 Å². The predicted molar refractivity (Wildman–Crippen MR) is 86.3 cm³/mol. The first-order valence-corrected chi connectivity index (χ1v) is 8.17. The Morgan fingerprint density at radius 3 is 2.82 bits per heavy atom. The van der Waals surface area contributed by atoms with Gasteiger partial charge in [-0.3, -0.25) is 4.68 Å². The lowest BCUT2D eigenvalue weighted by Crippen LogP contribution is -2.36. The van der Waals surface area contributed by atoms with Crippen molar-refractivity contribution in [1.82, 2.24) is 19.7 Å². The number of anilines is 3. The first kappa shape index (κ1) is 13.5. The molecule has 1 aliphatic heterocycles. The van der Waals surface area contributed by atoms with E-state index < -0.39 is 0 Å². The summed E-state index contributed by atoms with van der Waals surface area (Å²) in [7, 11) is 0. The highest BCUT2D eigenvalue weighted by Gasteiger charge is 2.33. The molecule has 0 aromatic carbocycles. The summed E-state index contributed by atoms with van der Waals surface area (Å²) in [6.07, 6.45) is 9.78. The van der Waals surface area contributed by atoms with Crippen LogP contribution in [0.2, 0.25) is 0 Å². The topological polar surface area (TPSA) is 58.9 Å². The van der Waals surface area contributed by atoms with Gasteiger partial charge in [0.05, 0.1) is 11.9 Å². The number of hydrogen-bond acceptors (Lipinski definition) is 5. The number of piperidine rings is 1. The van der Waals surface area contributed by atoms with Crippen LogP contribution in [0.4, 0.5) is 17.5 Å². The van der Waals surface area contributed by atoms with E-state index in [1.165, 1.54) is 19.3 Å². The summed E-state index contributed by atoms with van der Waals surface area (Å²) in [6.45, 7) is 5.21. The van der Waals surface area contributed by atoms with Crippen molar-refractivity contribution in [2.24, 2.45) is 11.8 Å². The van der Waals surface area contributed by atoms with E-state index >= 15 is 0 Å². The zero-order chi connectivity index (χ0) is 14.9. The minimum Gasteiger partial charge on any atom is -0.356 e. The Bertz CT molecular complexity index is 640. The molecule has 1 aliphatic carbocycles. The van der Waals surface area contributed by atoms with Crippen molar-refractivity contribution in [2.45, 2.75) is 32.7 Å². The van der Waals surface area contributed by atoms with E-state index in [-0.39, 0.29) is 0 Å². The second-order valence-corrected chi connectivity index (χ2v) is 6.40. The molecule has 2 aromatic rings. The lowest BCUT2D eigenvalue weighted by atomic mass is 9.99. The van der Waals surface area contributed by atoms with Crippen LogP contribution in [0, 0.1) is 11.8 Å². The standard InChI is InChI=1S/C16H22N6/c1-2-22-11-14(8-18-22)19-16-17-6-5-15(20-16)21-9-12-3-4-13(7-12)10-21/h5-6,8,11-13H,2-4,7,9-10H2,1H3,(H,17,19,20)/t12-,13+. The molecular formula is C16H22N6. The van der Waals surface area contributed by atoms with Crippen LogP contribution in [0.3, 0.4) is 0 Å². The zero-order valence-electron chi connectivity index (χ0n) is 12.9. The van der Waals surface area contributed by atoms with Crippen LogP contribution in [0.25, 0.3) is 0 Å². The highest BCUT2D eigenvalue weighted by atomic mass is 15.3. The summed E-state index contributed by atoms with van der Waals surface area (Å²) < 4.78 is 1.88. The lowest BCUT2D eigenvalue weighted by Gasteiger charge is -2.32. The number of rotatable bonds is 4. The molecule has 0 radical (unpaired) electrons. The van der Waals surface area contributed by atoms with Gasteiger partial charge in [-0.2, -0.15) is 10.1 Å². The van der Waals surface area contributed by atoms with Gasteiger partial charge in [0.2, 0.25) is 5.95 Å². The molecule has 1 N–H and O–H groups in total. The average molecular weight is 298 g/mol. The molecule has 6 nitrogen and oxygen atoms in total. The predicted octanol–water partition coefficient (Wildman–Crippen LogP) is 2.67. The quantitative estimate of drug-likeness (QED) is 0.940. The van der Waals surface area contributed by atoms with E-state index in [0.29, 0.717) is 5.95 Å².